The third-order valence-corrected chi connectivity index (χ3v) is 1.61. The molecule has 0 N–H and O–H groups in total. The Morgan fingerprint density at radius 2 is 2.23 bits per heavy atom. The summed E-state index contributed by atoms with van der Waals surface area (Å²) in [6, 6.07) is 3.47. The highest BCUT2D eigenvalue weighted by Gasteiger charge is 1.94. The van der Waals surface area contributed by atoms with E-state index in [1.807, 2.05) is 6.92 Å². The zero-order valence-electron chi connectivity index (χ0n) is 7.50. The number of halogens is 1. The van der Waals surface area contributed by atoms with Gasteiger partial charge in [0.05, 0.1) is 11.6 Å². The van der Waals surface area contributed by atoms with Crippen LogP contribution in [0.4, 0.5) is 0 Å². The maximum absolute atomic E-state index is 5.65. The molecule has 0 aliphatic rings. The van der Waals surface area contributed by atoms with Crippen LogP contribution in [0.5, 0.6) is 5.88 Å². The fourth-order valence-corrected chi connectivity index (χ4v) is 0.909. The van der Waals surface area contributed by atoms with E-state index in [1.165, 1.54) is 0 Å². The van der Waals surface area contributed by atoms with Gasteiger partial charge in [-0.3, -0.25) is 0 Å². The van der Waals surface area contributed by atoms with Gasteiger partial charge in [0, 0.05) is 18.9 Å². The van der Waals surface area contributed by atoms with Gasteiger partial charge in [-0.2, -0.15) is 0 Å². The van der Waals surface area contributed by atoms with Gasteiger partial charge in [-0.15, -0.1) is 0 Å². The van der Waals surface area contributed by atoms with Gasteiger partial charge in [-0.05, 0) is 13.0 Å². The molecule has 0 spiro atoms. The van der Waals surface area contributed by atoms with Crippen LogP contribution in [0.25, 0.3) is 0 Å². The molecular weight excluding hydrogens is 190 g/mol. The first-order valence-electron chi connectivity index (χ1n) is 4.15. The number of hydrogen-bond acceptors (Lipinski definition) is 3. The summed E-state index contributed by atoms with van der Waals surface area (Å²) in [5, 5.41) is 0.608. The van der Waals surface area contributed by atoms with Crippen LogP contribution in [0, 0.1) is 0 Å². The molecule has 13 heavy (non-hydrogen) atoms. The van der Waals surface area contributed by atoms with E-state index in [-0.39, 0.29) is 0 Å². The number of ether oxygens (including phenoxy) is 2. The van der Waals surface area contributed by atoms with Crippen LogP contribution >= 0.6 is 11.6 Å². The summed E-state index contributed by atoms with van der Waals surface area (Å²) in [6.07, 6.45) is 1.55. The highest BCUT2D eigenvalue weighted by atomic mass is 35.5. The standard InChI is InChI=1S/C9H12ClNO2/c1-2-12-5-6-13-9-4-3-8(10)7-11-9/h3-4,7H,2,5-6H2,1H3. The number of aromatic nitrogens is 1. The second-order valence-electron chi connectivity index (χ2n) is 2.36. The minimum absolute atomic E-state index is 0.516. The van der Waals surface area contributed by atoms with E-state index >= 15 is 0 Å². The molecule has 4 heteroatoms. The smallest absolute Gasteiger partial charge is 0.213 e. The fourth-order valence-electron chi connectivity index (χ4n) is 0.797. The molecule has 3 nitrogen and oxygen atoms in total. The molecule has 1 aromatic rings. The quantitative estimate of drug-likeness (QED) is 0.685. The molecule has 0 bridgehead atoms. The molecule has 0 unspecified atom stereocenters. The van der Waals surface area contributed by atoms with Gasteiger partial charge in [0.1, 0.15) is 6.61 Å². The lowest BCUT2D eigenvalue weighted by atomic mass is 10.5. The molecule has 0 aliphatic carbocycles. The summed E-state index contributed by atoms with van der Waals surface area (Å²) in [7, 11) is 0. The second kappa shape index (κ2) is 5.78. The van der Waals surface area contributed by atoms with E-state index in [1.54, 1.807) is 18.3 Å². The lowest BCUT2D eigenvalue weighted by molar-refractivity contribution is 0.108. The van der Waals surface area contributed by atoms with Crippen LogP contribution in [0.2, 0.25) is 5.02 Å². The van der Waals surface area contributed by atoms with Gasteiger partial charge in [-0.25, -0.2) is 4.98 Å². The molecule has 0 aromatic carbocycles. The molecule has 0 saturated carbocycles. The highest BCUT2D eigenvalue weighted by Crippen LogP contribution is 2.10. The van der Waals surface area contributed by atoms with Crippen molar-refractivity contribution in [2.24, 2.45) is 0 Å². The molecule has 0 aliphatic heterocycles. The molecule has 1 rings (SSSR count). The number of nitrogens with zero attached hydrogens (tertiary/aromatic N) is 1. The van der Waals surface area contributed by atoms with E-state index in [0.29, 0.717) is 30.7 Å². The Morgan fingerprint density at radius 1 is 1.38 bits per heavy atom. The fraction of sp³-hybridized carbons (Fsp3) is 0.444. The topological polar surface area (TPSA) is 31.4 Å². The molecule has 1 aromatic heterocycles. The maximum atomic E-state index is 5.65. The van der Waals surface area contributed by atoms with Gasteiger partial charge >= 0.3 is 0 Å². The zero-order chi connectivity index (χ0) is 9.52. The van der Waals surface area contributed by atoms with Gasteiger partial charge in [-0.1, -0.05) is 11.6 Å². The monoisotopic (exact) mass is 201 g/mol. The van der Waals surface area contributed by atoms with Crippen molar-refractivity contribution in [3.8, 4) is 5.88 Å². The van der Waals surface area contributed by atoms with Crippen molar-refractivity contribution in [1.82, 2.24) is 4.98 Å². The molecule has 0 atom stereocenters. The van der Waals surface area contributed by atoms with Gasteiger partial charge in [0.2, 0.25) is 5.88 Å². The van der Waals surface area contributed by atoms with E-state index in [0.717, 1.165) is 0 Å². The Labute approximate surface area is 82.6 Å². The third kappa shape index (κ3) is 4.10. The highest BCUT2D eigenvalue weighted by molar-refractivity contribution is 6.30. The molecule has 0 fully saturated rings. The average Bonchev–Trinajstić information content (AvgIpc) is 2.15. The third-order valence-electron chi connectivity index (χ3n) is 1.38. The SMILES string of the molecule is CCOCCOc1ccc(Cl)cn1. The normalized spacial score (nSPS) is 10.0. The van der Waals surface area contributed by atoms with Crippen molar-refractivity contribution in [3.05, 3.63) is 23.4 Å². The number of pyridine rings is 1. The molecule has 0 radical (unpaired) electrons. The van der Waals surface area contributed by atoms with Crippen LogP contribution in [0.15, 0.2) is 18.3 Å². The van der Waals surface area contributed by atoms with Crippen molar-refractivity contribution < 1.29 is 9.47 Å². The van der Waals surface area contributed by atoms with Gasteiger partial charge in [0.15, 0.2) is 0 Å². The Morgan fingerprint density at radius 3 is 2.85 bits per heavy atom. The van der Waals surface area contributed by atoms with Crippen molar-refractivity contribution in [2.45, 2.75) is 6.92 Å². The molecule has 72 valence electrons. The average molecular weight is 202 g/mol. The van der Waals surface area contributed by atoms with E-state index in [4.69, 9.17) is 21.1 Å². The first kappa shape index (κ1) is 10.3. The summed E-state index contributed by atoms with van der Waals surface area (Å²) in [5.41, 5.74) is 0. The molecule has 1 heterocycles. The summed E-state index contributed by atoms with van der Waals surface area (Å²) < 4.78 is 10.4. The zero-order valence-corrected chi connectivity index (χ0v) is 8.25. The van der Waals surface area contributed by atoms with E-state index < -0.39 is 0 Å². The Bertz CT molecular complexity index is 238. The minimum atomic E-state index is 0.516. The number of rotatable bonds is 5. The molecular formula is C9H12ClNO2. The van der Waals surface area contributed by atoms with Crippen LogP contribution in [-0.2, 0) is 4.74 Å². The molecule has 0 saturated heterocycles. The van der Waals surface area contributed by atoms with Crippen LogP contribution in [0.1, 0.15) is 6.92 Å². The predicted octanol–water partition coefficient (Wildman–Crippen LogP) is 2.15. The first-order valence-corrected chi connectivity index (χ1v) is 4.53. The van der Waals surface area contributed by atoms with Gasteiger partial charge < -0.3 is 9.47 Å². The second-order valence-corrected chi connectivity index (χ2v) is 2.80. The van der Waals surface area contributed by atoms with Crippen molar-refractivity contribution >= 4 is 11.6 Å². The summed E-state index contributed by atoms with van der Waals surface area (Å²) >= 11 is 5.65. The van der Waals surface area contributed by atoms with Crippen molar-refractivity contribution in [1.29, 1.82) is 0 Å². The van der Waals surface area contributed by atoms with Crippen LogP contribution < -0.4 is 4.74 Å². The van der Waals surface area contributed by atoms with E-state index in [2.05, 4.69) is 4.98 Å². The van der Waals surface area contributed by atoms with Crippen molar-refractivity contribution in [2.75, 3.05) is 19.8 Å². The maximum Gasteiger partial charge on any atom is 0.213 e. The van der Waals surface area contributed by atoms with Gasteiger partial charge in [0.25, 0.3) is 0 Å². The lowest BCUT2D eigenvalue weighted by Crippen LogP contribution is -2.06. The molecule has 0 amide bonds. The van der Waals surface area contributed by atoms with Crippen LogP contribution in [-0.4, -0.2) is 24.8 Å². The van der Waals surface area contributed by atoms with E-state index in [9.17, 15) is 0 Å². The summed E-state index contributed by atoms with van der Waals surface area (Å²) in [5.74, 6) is 0.573. The Hall–Kier alpha value is -0.800. The van der Waals surface area contributed by atoms with Crippen LogP contribution in [0.3, 0.4) is 0 Å². The first-order chi connectivity index (χ1) is 6.33. The largest absolute Gasteiger partial charge is 0.475 e. The summed E-state index contributed by atoms with van der Waals surface area (Å²) in [6.45, 7) is 3.75. The minimum Gasteiger partial charge on any atom is -0.475 e. The predicted molar refractivity (Wildman–Crippen MR) is 51.2 cm³/mol. The summed E-state index contributed by atoms with van der Waals surface area (Å²) in [4.78, 5) is 3.97. The number of hydrogen-bond donors (Lipinski definition) is 0. The lowest BCUT2D eigenvalue weighted by Gasteiger charge is -2.04. The van der Waals surface area contributed by atoms with Crippen molar-refractivity contribution in [3.63, 3.8) is 0 Å². The Balaban J connectivity index is 2.25. The Kier molecular flexibility index (Phi) is 4.57.